The van der Waals surface area contributed by atoms with Gasteiger partial charge in [-0.25, -0.2) is 9.98 Å². The minimum atomic E-state index is 0.501. The predicted molar refractivity (Wildman–Crippen MR) is 46.5 cm³/mol. The first-order valence-electron chi connectivity index (χ1n) is 3.54. The summed E-state index contributed by atoms with van der Waals surface area (Å²) >= 11 is 5.71. The quantitative estimate of drug-likeness (QED) is 0.572. The molecular formula is C8H7ClN2O. The lowest BCUT2D eigenvalue weighted by atomic mass is 10.2. The molecule has 0 saturated carbocycles. The Hall–Kier alpha value is -1.09. The number of aliphatic imine (C=N–C) groups is 1. The number of halogens is 1. The fourth-order valence-electron chi connectivity index (χ4n) is 1.21. The molecule has 0 N–H and O–H groups in total. The van der Waals surface area contributed by atoms with E-state index in [1.807, 2.05) is 6.07 Å². The maximum Gasteiger partial charge on any atom is 0.218 e. The van der Waals surface area contributed by atoms with Gasteiger partial charge in [0.25, 0.3) is 0 Å². The summed E-state index contributed by atoms with van der Waals surface area (Å²) in [4.78, 5) is 8.11. The number of rotatable bonds is 0. The first kappa shape index (κ1) is 7.55. The SMILES string of the molecule is COC1=NCc2cc(Cl)ncc21. The van der Waals surface area contributed by atoms with Gasteiger partial charge in [-0.05, 0) is 11.6 Å². The van der Waals surface area contributed by atoms with Crippen molar-refractivity contribution in [2.24, 2.45) is 4.99 Å². The van der Waals surface area contributed by atoms with Crippen molar-refractivity contribution < 1.29 is 4.74 Å². The Kier molecular flexibility index (Phi) is 1.73. The first-order valence-corrected chi connectivity index (χ1v) is 3.92. The molecule has 0 unspecified atom stereocenters. The second-order valence-corrected chi connectivity index (χ2v) is 2.88. The first-order chi connectivity index (χ1) is 5.81. The van der Waals surface area contributed by atoms with Crippen LogP contribution < -0.4 is 0 Å². The van der Waals surface area contributed by atoms with Crippen molar-refractivity contribution in [2.45, 2.75) is 6.54 Å². The summed E-state index contributed by atoms with van der Waals surface area (Å²) in [5.74, 6) is 0.647. The van der Waals surface area contributed by atoms with Crippen molar-refractivity contribution in [3.05, 3.63) is 28.5 Å². The van der Waals surface area contributed by atoms with Crippen molar-refractivity contribution in [1.82, 2.24) is 4.98 Å². The Morgan fingerprint density at radius 3 is 3.17 bits per heavy atom. The fraction of sp³-hybridized carbons (Fsp3) is 0.250. The third kappa shape index (κ3) is 1.06. The maximum absolute atomic E-state index is 5.71. The topological polar surface area (TPSA) is 34.5 Å². The molecule has 3 nitrogen and oxygen atoms in total. The zero-order valence-electron chi connectivity index (χ0n) is 6.54. The molecular weight excluding hydrogens is 176 g/mol. The molecule has 4 heteroatoms. The van der Waals surface area contributed by atoms with Crippen molar-refractivity contribution in [3.63, 3.8) is 0 Å². The number of nitrogens with zero attached hydrogens (tertiary/aromatic N) is 2. The van der Waals surface area contributed by atoms with Gasteiger partial charge in [0.15, 0.2) is 0 Å². The molecule has 0 radical (unpaired) electrons. The van der Waals surface area contributed by atoms with Crippen LogP contribution in [0.25, 0.3) is 0 Å². The molecule has 0 spiro atoms. The molecule has 1 aromatic rings. The van der Waals surface area contributed by atoms with E-state index in [0.717, 1.165) is 11.1 Å². The number of fused-ring (bicyclic) bond motifs is 1. The van der Waals surface area contributed by atoms with Gasteiger partial charge >= 0.3 is 0 Å². The van der Waals surface area contributed by atoms with Crippen LogP contribution in [0, 0.1) is 0 Å². The van der Waals surface area contributed by atoms with Gasteiger partial charge in [-0.1, -0.05) is 11.6 Å². The standard InChI is InChI=1S/C8H7ClN2O/c1-12-8-6-4-10-7(9)2-5(6)3-11-8/h2,4H,3H2,1H3. The van der Waals surface area contributed by atoms with Crippen LogP contribution in [0.15, 0.2) is 17.3 Å². The van der Waals surface area contributed by atoms with Gasteiger partial charge in [-0.3, -0.25) is 0 Å². The maximum atomic E-state index is 5.71. The van der Waals surface area contributed by atoms with Crippen LogP contribution in [0.5, 0.6) is 0 Å². The van der Waals surface area contributed by atoms with Crippen LogP contribution >= 0.6 is 11.6 Å². The predicted octanol–water partition coefficient (Wildman–Crippen LogP) is 1.64. The van der Waals surface area contributed by atoms with Crippen LogP contribution in [0.1, 0.15) is 11.1 Å². The number of pyridine rings is 1. The Bertz CT molecular complexity index is 349. The van der Waals surface area contributed by atoms with E-state index in [9.17, 15) is 0 Å². The van der Waals surface area contributed by atoms with Crippen molar-refractivity contribution >= 4 is 17.5 Å². The largest absolute Gasteiger partial charge is 0.481 e. The molecule has 2 heterocycles. The van der Waals surface area contributed by atoms with Crippen LogP contribution in [0.2, 0.25) is 5.15 Å². The molecule has 0 saturated heterocycles. The van der Waals surface area contributed by atoms with E-state index < -0.39 is 0 Å². The zero-order valence-corrected chi connectivity index (χ0v) is 7.30. The average molecular weight is 183 g/mol. The smallest absolute Gasteiger partial charge is 0.218 e. The Morgan fingerprint density at radius 1 is 1.58 bits per heavy atom. The monoisotopic (exact) mass is 182 g/mol. The summed E-state index contributed by atoms with van der Waals surface area (Å²) in [5, 5.41) is 0.501. The van der Waals surface area contributed by atoms with Crippen LogP contribution in [0.4, 0.5) is 0 Å². The number of ether oxygens (including phenoxy) is 1. The van der Waals surface area contributed by atoms with E-state index >= 15 is 0 Å². The summed E-state index contributed by atoms with van der Waals surface area (Å²) in [6.45, 7) is 0.640. The summed E-state index contributed by atoms with van der Waals surface area (Å²) in [5.41, 5.74) is 2.02. The molecule has 1 aliphatic rings. The van der Waals surface area contributed by atoms with Gasteiger partial charge in [0.1, 0.15) is 5.15 Å². The molecule has 0 aliphatic carbocycles. The molecule has 0 aromatic carbocycles. The number of aromatic nitrogens is 1. The lowest BCUT2D eigenvalue weighted by molar-refractivity contribution is 0.405. The molecule has 2 rings (SSSR count). The molecule has 1 aliphatic heterocycles. The third-order valence-electron chi connectivity index (χ3n) is 1.77. The highest BCUT2D eigenvalue weighted by Crippen LogP contribution is 2.20. The van der Waals surface area contributed by atoms with E-state index in [1.54, 1.807) is 13.3 Å². The molecule has 1 aromatic heterocycles. The van der Waals surface area contributed by atoms with Gasteiger partial charge < -0.3 is 4.74 Å². The third-order valence-corrected chi connectivity index (χ3v) is 1.98. The fourth-order valence-corrected chi connectivity index (χ4v) is 1.39. The van der Waals surface area contributed by atoms with Gasteiger partial charge in [0.2, 0.25) is 5.90 Å². The minimum absolute atomic E-state index is 0.501. The normalized spacial score (nSPS) is 14.0. The molecule has 12 heavy (non-hydrogen) atoms. The zero-order chi connectivity index (χ0) is 8.55. The molecule has 0 amide bonds. The van der Waals surface area contributed by atoms with Crippen molar-refractivity contribution in [3.8, 4) is 0 Å². The Balaban J connectivity index is 2.47. The summed E-state index contributed by atoms with van der Waals surface area (Å²) in [6, 6.07) is 1.81. The van der Waals surface area contributed by atoms with Gasteiger partial charge in [0.05, 0.1) is 19.2 Å². The van der Waals surface area contributed by atoms with Crippen LogP contribution in [0.3, 0.4) is 0 Å². The van der Waals surface area contributed by atoms with Crippen LogP contribution in [-0.4, -0.2) is 18.0 Å². The molecule has 0 bridgehead atoms. The van der Waals surface area contributed by atoms with Gasteiger partial charge in [0, 0.05) is 6.20 Å². The van der Waals surface area contributed by atoms with E-state index in [-0.39, 0.29) is 0 Å². The lowest BCUT2D eigenvalue weighted by Crippen LogP contribution is -2.00. The summed E-state index contributed by atoms with van der Waals surface area (Å²) < 4.78 is 5.04. The minimum Gasteiger partial charge on any atom is -0.481 e. The number of methoxy groups -OCH3 is 1. The molecule has 0 atom stereocenters. The lowest BCUT2D eigenvalue weighted by Gasteiger charge is -2.00. The second kappa shape index (κ2) is 2.75. The van der Waals surface area contributed by atoms with E-state index in [2.05, 4.69) is 9.98 Å². The van der Waals surface area contributed by atoms with Gasteiger partial charge in [-0.15, -0.1) is 0 Å². The number of hydrogen-bond acceptors (Lipinski definition) is 3. The summed E-state index contributed by atoms with van der Waals surface area (Å²) in [6.07, 6.45) is 1.69. The Morgan fingerprint density at radius 2 is 2.42 bits per heavy atom. The van der Waals surface area contributed by atoms with E-state index in [0.29, 0.717) is 17.6 Å². The highest BCUT2D eigenvalue weighted by atomic mass is 35.5. The number of hydrogen-bond donors (Lipinski definition) is 0. The second-order valence-electron chi connectivity index (χ2n) is 2.49. The van der Waals surface area contributed by atoms with E-state index in [1.165, 1.54) is 0 Å². The summed E-state index contributed by atoms with van der Waals surface area (Å²) in [7, 11) is 1.60. The van der Waals surface area contributed by atoms with Crippen molar-refractivity contribution in [1.29, 1.82) is 0 Å². The van der Waals surface area contributed by atoms with Crippen molar-refractivity contribution in [2.75, 3.05) is 7.11 Å². The Labute approximate surface area is 75.1 Å². The molecule has 0 fully saturated rings. The highest BCUT2D eigenvalue weighted by molar-refractivity contribution is 6.29. The van der Waals surface area contributed by atoms with Gasteiger partial charge in [-0.2, -0.15) is 0 Å². The van der Waals surface area contributed by atoms with Crippen LogP contribution in [-0.2, 0) is 11.3 Å². The average Bonchev–Trinajstić information content (AvgIpc) is 2.46. The molecule has 62 valence electrons. The van der Waals surface area contributed by atoms with E-state index in [4.69, 9.17) is 16.3 Å². The highest BCUT2D eigenvalue weighted by Gasteiger charge is 2.16.